The third-order valence-corrected chi connectivity index (χ3v) is 16.2. The zero-order valence-corrected chi connectivity index (χ0v) is 40.6. The van der Waals surface area contributed by atoms with E-state index in [-0.39, 0.29) is 47.3 Å². The van der Waals surface area contributed by atoms with Crippen LogP contribution >= 0.6 is 0 Å². The maximum Gasteiger partial charge on any atom is 0.409 e. The van der Waals surface area contributed by atoms with Gasteiger partial charge in [-0.25, -0.2) is 9.18 Å². The number of amides is 4. The SMILES string of the molecule is CCc1cccc2cc(O)cc(-c3ncc4c(N5CC6CCC(C5)N6C)nc(OC)nc4c3F)c12.O=C1CCC(N2Cc3cc(N4CCN(C(=O)OCC5CCC6CCCN65)CC4)ccc3C2=O)C(=O)N1. The van der Waals surface area contributed by atoms with Crippen LogP contribution in [0.15, 0.2) is 54.7 Å². The topological polar surface area (TPSA) is 177 Å². The fourth-order valence-electron chi connectivity index (χ4n) is 12.3. The molecule has 6 fully saturated rings. The zero-order chi connectivity index (χ0) is 49.1. The van der Waals surface area contributed by atoms with Crippen LogP contribution < -0.4 is 19.9 Å². The normalized spacial score (nSPS) is 24.3. The van der Waals surface area contributed by atoms with E-state index in [1.165, 1.54) is 26.4 Å². The van der Waals surface area contributed by atoms with Crippen LogP contribution in [0.5, 0.6) is 11.8 Å². The predicted molar refractivity (Wildman–Crippen MR) is 265 cm³/mol. The number of hydrogen-bond donors (Lipinski definition) is 2. The molecule has 2 aromatic heterocycles. The number of carbonyl (C=O) groups is 4. The number of fused-ring (bicyclic) bond motifs is 6. The van der Waals surface area contributed by atoms with Crippen LogP contribution in [0.1, 0.15) is 79.8 Å². The van der Waals surface area contributed by atoms with Crippen LogP contribution in [0.2, 0.25) is 0 Å². The Kier molecular flexibility index (Phi) is 12.6. The van der Waals surface area contributed by atoms with E-state index in [2.05, 4.69) is 53.8 Å². The first-order valence-corrected chi connectivity index (χ1v) is 25.3. The van der Waals surface area contributed by atoms with E-state index in [9.17, 15) is 24.3 Å². The van der Waals surface area contributed by atoms with E-state index in [1.54, 1.807) is 28.1 Å². The third-order valence-electron chi connectivity index (χ3n) is 16.2. The van der Waals surface area contributed by atoms with Crippen molar-refractivity contribution in [2.75, 3.05) is 76.4 Å². The summed E-state index contributed by atoms with van der Waals surface area (Å²) >= 11 is 0. The molecule has 71 heavy (non-hydrogen) atoms. The van der Waals surface area contributed by atoms with Crippen molar-refractivity contribution in [2.45, 2.75) is 101 Å². The summed E-state index contributed by atoms with van der Waals surface area (Å²) < 4.78 is 27.3. The number of pyridine rings is 1. The molecule has 5 aromatic rings. The quantitative estimate of drug-likeness (QED) is 0.176. The fourth-order valence-corrected chi connectivity index (χ4v) is 12.3. The van der Waals surface area contributed by atoms with E-state index in [1.807, 2.05) is 36.4 Å². The van der Waals surface area contributed by atoms with Gasteiger partial charge in [0.1, 0.15) is 35.4 Å². The maximum absolute atomic E-state index is 16.2. The Hall–Kier alpha value is -6.66. The van der Waals surface area contributed by atoms with Crippen LogP contribution in [0, 0.1) is 5.82 Å². The highest BCUT2D eigenvalue weighted by Crippen LogP contribution is 2.40. The number of carbonyl (C=O) groups excluding carboxylic acids is 4. The summed E-state index contributed by atoms with van der Waals surface area (Å²) in [6, 6.07) is 16.4. The number of aromatic nitrogens is 3. The molecule has 372 valence electrons. The molecule has 0 radical (unpaired) electrons. The van der Waals surface area contributed by atoms with Crippen molar-refractivity contribution in [1.29, 1.82) is 0 Å². The van der Waals surface area contributed by atoms with Gasteiger partial charge in [-0.3, -0.25) is 34.5 Å². The van der Waals surface area contributed by atoms with Crippen molar-refractivity contribution >= 4 is 57.0 Å². The van der Waals surface area contributed by atoms with Crippen molar-refractivity contribution in [3.05, 3.63) is 77.2 Å². The minimum atomic E-state index is -0.610. The van der Waals surface area contributed by atoms with E-state index < -0.39 is 17.8 Å². The number of ether oxygens (including phenoxy) is 2. The number of methoxy groups -OCH3 is 1. The van der Waals surface area contributed by atoms with Gasteiger partial charge in [-0.1, -0.05) is 25.1 Å². The van der Waals surface area contributed by atoms with Crippen molar-refractivity contribution < 1.29 is 38.1 Å². The van der Waals surface area contributed by atoms with Crippen LogP contribution in [0.25, 0.3) is 32.9 Å². The third kappa shape index (κ3) is 8.72. The molecule has 2 bridgehead atoms. The second-order valence-corrected chi connectivity index (χ2v) is 20.1. The number of phenolic OH excluding ortho intramolecular Hbond substituents is 1. The summed E-state index contributed by atoms with van der Waals surface area (Å²) in [7, 11) is 3.67. The number of aryl methyl sites for hydroxylation is 1. The number of hydrogen-bond acceptors (Lipinski definition) is 14. The van der Waals surface area contributed by atoms with Crippen LogP contribution in [-0.2, 0) is 27.3 Å². The Labute approximate surface area is 411 Å². The average Bonchev–Trinajstić information content (AvgIpc) is 4.13. The maximum atomic E-state index is 16.2. The minimum absolute atomic E-state index is 0.0657. The summed E-state index contributed by atoms with van der Waals surface area (Å²) in [6.45, 7) is 8.24. The lowest BCUT2D eigenvalue weighted by Crippen LogP contribution is -2.52. The number of nitrogens with zero attached hydrogens (tertiary/aromatic N) is 9. The molecule has 17 nitrogen and oxygen atoms in total. The fraction of sp³-hybridized carbons (Fsp3) is 0.491. The molecule has 7 aliphatic heterocycles. The van der Waals surface area contributed by atoms with Gasteiger partial charge in [0.15, 0.2) is 5.82 Å². The molecule has 0 aliphatic carbocycles. The highest BCUT2D eigenvalue weighted by atomic mass is 19.1. The summed E-state index contributed by atoms with van der Waals surface area (Å²) in [5.41, 5.74) is 4.45. The Morgan fingerprint density at radius 2 is 1.68 bits per heavy atom. The van der Waals surface area contributed by atoms with Crippen LogP contribution in [-0.4, -0.2) is 160 Å². The smallest absolute Gasteiger partial charge is 0.409 e. The number of aromatic hydroxyl groups is 1. The number of halogens is 1. The predicted octanol–water partition coefficient (Wildman–Crippen LogP) is 5.88. The molecule has 7 aliphatic rings. The Morgan fingerprint density at radius 1 is 0.887 bits per heavy atom. The molecule has 18 heteroatoms. The number of anilines is 2. The molecule has 0 saturated carbocycles. The first kappa shape index (κ1) is 46.7. The number of rotatable bonds is 8. The molecular formula is C53H61FN10O7. The van der Waals surface area contributed by atoms with Crippen LogP contribution in [0.3, 0.4) is 0 Å². The second-order valence-electron chi connectivity index (χ2n) is 20.1. The van der Waals surface area contributed by atoms with E-state index in [0.717, 1.165) is 72.9 Å². The number of piperazine rings is 2. The second kappa shape index (κ2) is 19.2. The Morgan fingerprint density at radius 3 is 2.44 bits per heavy atom. The van der Waals surface area contributed by atoms with Gasteiger partial charge >= 0.3 is 12.1 Å². The highest BCUT2D eigenvalue weighted by molar-refractivity contribution is 6.06. The number of piperidine rings is 1. The summed E-state index contributed by atoms with van der Waals surface area (Å²) in [6.07, 6.45) is 9.98. The van der Waals surface area contributed by atoms with Gasteiger partial charge in [0.25, 0.3) is 5.91 Å². The van der Waals surface area contributed by atoms with E-state index in [0.29, 0.717) is 92.2 Å². The molecule has 12 rings (SSSR count). The Bertz CT molecular complexity index is 2920. The van der Waals surface area contributed by atoms with E-state index in [4.69, 9.17) is 9.47 Å². The zero-order valence-electron chi connectivity index (χ0n) is 40.6. The molecule has 5 atom stereocenters. The van der Waals surface area contributed by atoms with Gasteiger partial charge in [-0.15, -0.1) is 0 Å². The standard InChI is InChI=1S/C27H28FN5O2.C26H33N5O5/c1-4-15-6-5-7-16-10-19(34)11-20(22(15)16)24-23(28)25-21(12-29-24)26(31-27(30-25)35-3)33-13-17-8-9-18(14-33)32(17)2;32-23-8-7-22(24(33)27-23)31-15-17-14-19(5-6-21(17)25(31)34)28-10-12-29(13-11-28)26(35)36-16-20-4-3-18-2-1-9-30(18)20/h5-7,10-12,17-18,34H,4,8-9,13-14H2,1-3H3;5-6,14,18,20,22H,1-4,7-13,15-16H2,(H,27,32,33). The molecule has 9 heterocycles. The van der Waals surface area contributed by atoms with Gasteiger partial charge in [0, 0.05) is 99.4 Å². The van der Waals surface area contributed by atoms with Crippen LogP contribution in [0.4, 0.5) is 20.7 Å². The number of benzene rings is 3. The van der Waals surface area contributed by atoms with Gasteiger partial charge in [-0.2, -0.15) is 9.97 Å². The molecule has 5 unspecified atom stereocenters. The van der Waals surface area contributed by atoms with Crippen molar-refractivity contribution in [1.82, 2.24) is 39.9 Å². The lowest BCUT2D eigenvalue weighted by Gasteiger charge is -2.39. The molecule has 2 N–H and O–H groups in total. The highest BCUT2D eigenvalue weighted by Gasteiger charge is 2.41. The summed E-state index contributed by atoms with van der Waals surface area (Å²) in [5, 5.41) is 15.0. The minimum Gasteiger partial charge on any atom is -0.508 e. The number of likely N-dealkylation sites (N-methyl/N-ethyl adjacent to an activating group) is 1. The van der Waals surface area contributed by atoms with Gasteiger partial charge in [-0.05, 0) is 117 Å². The molecule has 3 aromatic carbocycles. The average molecular weight is 969 g/mol. The Balaban J connectivity index is 0.000000154. The van der Waals surface area contributed by atoms with Crippen molar-refractivity contribution in [3.8, 4) is 23.0 Å². The first-order chi connectivity index (χ1) is 34.5. The summed E-state index contributed by atoms with van der Waals surface area (Å²) in [5.74, 6) is -0.672. The number of imide groups is 1. The van der Waals surface area contributed by atoms with Crippen molar-refractivity contribution in [3.63, 3.8) is 0 Å². The molecular weight excluding hydrogens is 908 g/mol. The number of phenols is 1. The molecule has 4 amide bonds. The first-order valence-electron chi connectivity index (χ1n) is 25.3. The molecule has 6 saturated heterocycles. The number of nitrogens with one attached hydrogen (secondary N) is 1. The lowest BCUT2D eigenvalue weighted by molar-refractivity contribution is -0.136. The van der Waals surface area contributed by atoms with Gasteiger partial charge < -0.3 is 34.2 Å². The van der Waals surface area contributed by atoms with E-state index >= 15 is 4.39 Å². The molecule has 0 spiro atoms. The lowest BCUT2D eigenvalue weighted by atomic mass is 9.95. The largest absolute Gasteiger partial charge is 0.508 e. The van der Waals surface area contributed by atoms with Gasteiger partial charge in [0.05, 0.1) is 12.5 Å². The van der Waals surface area contributed by atoms with Gasteiger partial charge in [0.2, 0.25) is 11.8 Å². The monoisotopic (exact) mass is 968 g/mol. The summed E-state index contributed by atoms with van der Waals surface area (Å²) in [4.78, 5) is 75.7. The van der Waals surface area contributed by atoms with Crippen molar-refractivity contribution in [2.24, 2.45) is 0 Å².